The molecule has 1 aliphatic carbocycles. The van der Waals surface area contributed by atoms with E-state index in [4.69, 9.17) is 4.74 Å². The number of methoxy groups -OCH3 is 1. The van der Waals surface area contributed by atoms with Crippen LogP contribution < -0.4 is 0 Å². The second-order valence-corrected chi connectivity index (χ2v) is 4.48. The van der Waals surface area contributed by atoms with Crippen molar-refractivity contribution >= 4 is 17.1 Å². The lowest BCUT2D eigenvalue weighted by molar-refractivity contribution is 0.0907. The molecule has 0 aromatic carbocycles. The van der Waals surface area contributed by atoms with Crippen LogP contribution in [-0.4, -0.2) is 28.1 Å². The Kier molecular flexibility index (Phi) is 2.32. The Hall–Kier alpha value is -2.43. The molecule has 0 N–H and O–H groups in total. The van der Waals surface area contributed by atoms with Crippen LogP contribution in [-0.2, 0) is 4.74 Å². The Balaban J connectivity index is 2.41. The van der Waals surface area contributed by atoms with Crippen molar-refractivity contribution in [3.05, 3.63) is 46.7 Å². The van der Waals surface area contributed by atoms with Gasteiger partial charge in [-0.2, -0.15) is 0 Å². The average molecular weight is 256 g/mol. The monoisotopic (exact) mass is 256 g/mol. The van der Waals surface area contributed by atoms with Crippen molar-refractivity contribution in [3.8, 4) is 0 Å². The maximum atomic E-state index is 12.5. The minimum absolute atomic E-state index is 0.115. The van der Waals surface area contributed by atoms with Gasteiger partial charge in [-0.25, -0.2) is 4.98 Å². The number of pyridine rings is 1. The van der Waals surface area contributed by atoms with Gasteiger partial charge in [0.25, 0.3) is 0 Å². The summed E-state index contributed by atoms with van der Waals surface area (Å²) in [6, 6.07) is 1.66. The van der Waals surface area contributed by atoms with E-state index in [0.29, 0.717) is 22.2 Å². The molecular formula is C14H12N2O3. The number of hydrogen-bond donors (Lipinski definition) is 0. The van der Waals surface area contributed by atoms with Crippen molar-refractivity contribution in [3.63, 3.8) is 0 Å². The third-order valence-electron chi connectivity index (χ3n) is 3.46. The summed E-state index contributed by atoms with van der Waals surface area (Å²) in [6.45, 7) is 3.45. The third kappa shape index (κ3) is 1.38. The topological polar surface area (TPSA) is 60.7 Å². The Morgan fingerprint density at radius 1 is 1.21 bits per heavy atom. The van der Waals surface area contributed by atoms with E-state index in [1.165, 1.54) is 7.11 Å². The number of fused-ring (bicyclic) bond motifs is 3. The Labute approximate surface area is 109 Å². The van der Waals surface area contributed by atoms with Gasteiger partial charge in [-0.15, -0.1) is 0 Å². The number of hydrogen-bond acceptors (Lipinski definition) is 4. The Bertz CT molecular complexity index is 768. The molecule has 2 aromatic heterocycles. The predicted octanol–water partition coefficient (Wildman–Crippen LogP) is 1.94. The molecule has 1 aliphatic rings. The number of carbonyl (C=O) groups excluding carboxylic acids is 2. The zero-order valence-electron chi connectivity index (χ0n) is 10.9. The fraction of sp³-hybridized carbons (Fsp3) is 0.214. The molecule has 0 radical (unpaired) electrons. The predicted molar refractivity (Wildman–Crippen MR) is 68.3 cm³/mol. The molecule has 3 rings (SSSR count). The van der Waals surface area contributed by atoms with E-state index in [2.05, 4.69) is 4.98 Å². The molecule has 0 unspecified atom stereocenters. The molecule has 2 aromatic rings. The smallest absolute Gasteiger partial charge is 0.230 e. The van der Waals surface area contributed by atoms with E-state index in [-0.39, 0.29) is 17.3 Å². The molecule has 5 heteroatoms. The summed E-state index contributed by atoms with van der Waals surface area (Å²) in [6.07, 6.45) is 3.36. The van der Waals surface area contributed by atoms with E-state index in [9.17, 15) is 9.59 Å². The van der Waals surface area contributed by atoms with Gasteiger partial charge in [0.1, 0.15) is 5.82 Å². The van der Waals surface area contributed by atoms with Crippen LogP contribution in [0.4, 0.5) is 0 Å². The van der Waals surface area contributed by atoms with Crippen molar-refractivity contribution < 1.29 is 14.3 Å². The molecule has 0 saturated carbocycles. The number of allylic oxidation sites excluding steroid dienone is 2. The van der Waals surface area contributed by atoms with Gasteiger partial charge in [-0.05, 0) is 19.9 Å². The van der Waals surface area contributed by atoms with Crippen LogP contribution in [0.15, 0.2) is 29.8 Å². The third-order valence-corrected chi connectivity index (χ3v) is 3.46. The Morgan fingerprint density at radius 3 is 2.63 bits per heavy atom. The van der Waals surface area contributed by atoms with Crippen LogP contribution in [0.25, 0.3) is 5.52 Å². The van der Waals surface area contributed by atoms with Crippen LogP contribution in [0.5, 0.6) is 0 Å². The first kappa shape index (κ1) is 11.6. The van der Waals surface area contributed by atoms with E-state index in [0.717, 1.165) is 5.82 Å². The van der Waals surface area contributed by atoms with E-state index in [1.54, 1.807) is 29.8 Å². The minimum Gasteiger partial charge on any atom is -0.492 e. The summed E-state index contributed by atoms with van der Waals surface area (Å²) in [5.74, 6) is 0.445. The van der Waals surface area contributed by atoms with Crippen molar-refractivity contribution in [2.75, 3.05) is 7.11 Å². The zero-order valence-corrected chi connectivity index (χ0v) is 10.9. The van der Waals surface area contributed by atoms with E-state index >= 15 is 0 Å². The van der Waals surface area contributed by atoms with Crippen molar-refractivity contribution in [1.82, 2.24) is 9.38 Å². The lowest BCUT2D eigenvalue weighted by Gasteiger charge is -2.18. The molecule has 0 fully saturated rings. The number of carbonyl (C=O) groups is 2. The van der Waals surface area contributed by atoms with Gasteiger partial charge >= 0.3 is 0 Å². The van der Waals surface area contributed by atoms with Gasteiger partial charge in [0.05, 0.1) is 24.4 Å². The first-order valence-electron chi connectivity index (χ1n) is 5.87. The SMILES string of the molecule is COC1=C(C)C(=O)c2ccn3c(C)ncc3c2C1=O. The number of aryl methyl sites for hydroxylation is 1. The molecular weight excluding hydrogens is 244 g/mol. The van der Waals surface area contributed by atoms with Crippen molar-refractivity contribution in [1.29, 1.82) is 0 Å². The maximum Gasteiger partial charge on any atom is 0.230 e. The Morgan fingerprint density at radius 2 is 1.95 bits per heavy atom. The van der Waals surface area contributed by atoms with E-state index in [1.807, 2.05) is 6.92 Å². The van der Waals surface area contributed by atoms with Gasteiger partial charge in [0, 0.05) is 17.3 Å². The van der Waals surface area contributed by atoms with Gasteiger partial charge in [0.2, 0.25) is 5.78 Å². The van der Waals surface area contributed by atoms with E-state index < -0.39 is 0 Å². The summed E-state index contributed by atoms with van der Waals surface area (Å²) in [4.78, 5) is 28.9. The first-order valence-corrected chi connectivity index (χ1v) is 5.87. The molecule has 0 aliphatic heterocycles. The zero-order chi connectivity index (χ0) is 13.7. The van der Waals surface area contributed by atoms with Gasteiger partial charge in [-0.3, -0.25) is 9.59 Å². The van der Waals surface area contributed by atoms with Gasteiger partial charge in [0.15, 0.2) is 11.5 Å². The number of imidazole rings is 1. The largest absolute Gasteiger partial charge is 0.492 e. The summed E-state index contributed by atoms with van der Waals surface area (Å²) in [5.41, 5.74) is 1.77. The second kappa shape index (κ2) is 3.78. The summed E-state index contributed by atoms with van der Waals surface area (Å²) in [5, 5.41) is 0. The number of ether oxygens (including phenoxy) is 1. The normalized spacial score (nSPS) is 15.1. The fourth-order valence-corrected chi connectivity index (χ4v) is 2.46. The number of nitrogens with zero attached hydrogens (tertiary/aromatic N) is 2. The van der Waals surface area contributed by atoms with Gasteiger partial charge in [-0.1, -0.05) is 0 Å². The lowest BCUT2D eigenvalue weighted by Crippen LogP contribution is -2.22. The number of Topliss-reactive ketones (excluding diaryl/α,β-unsaturated/α-hetero) is 2. The molecule has 19 heavy (non-hydrogen) atoms. The molecule has 0 bridgehead atoms. The van der Waals surface area contributed by atoms with Crippen LogP contribution >= 0.6 is 0 Å². The summed E-state index contributed by atoms with van der Waals surface area (Å²) in [7, 11) is 1.40. The highest BCUT2D eigenvalue weighted by atomic mass is 16.5. The minimum atomic E-state index is -0.264. The highest BCUT2D eigenvalue weighted by Gasteiger charge is 2.33. The number of rotatable bonds is 1. The molecule has 0 atom stereocenters. The van der Waals surface area contributed by atoms with Crippen LogP contribution in [0, 0.1) is 6.92 Å². The standard InChI is InChI=1S/C14H12N2O3/c1-7-12(17)9-4-5-16-8(2)15-6-10(16)11(9)13(18)14(7)19-3/h4-6H,1-3H3. The van der Waals surface area contributed by atoms with Crippen molar-refractivity contribution in [2.45, 2.75) is 13.8 Å². The molecule has 0 spiro atoms. The highest BCUT2D eigenvalue weighted by molar-refractivity contribution is 6.28. The van der Waals surface area contributed by atoms with Crippen molar-refractivity contribution in [2.24, 2.45) is 0 Å². The summed E-state index contributed by atoms with van der Waals surface area (Å²) >= 11 is 0. The average Bonchev–Trinajstić information content (AvgIpc) is 2.78. The molecule has 0 saturated heterocycles. The van der Waals surface area contributed by atoms with Gasteiger partial charge < -0.3 is 9.14 Å². The first-order chi connectivity index (χ1) is 9.06. The maximum absolute atomic E-state index is 12.5. The highest BCUT2D eigenvalue weighted by Crippen LogP contribution is 2.29. The molecule has 5 nitrogen and oxygen atoms in total. The van der Waals surface area contributed by atoms with Crippen LogP contribution in [0.3, 0.4) is 0 Å². The quantitative estimate of drug-likeness (QED) is 0.782. The number of ketones is 2. The fourth-order valence-electron chi connectivity index (χ4n) is 2.46. The van der Waals surface area contributed by atoms with Crippen LogP contribution in [0.1, 0.15) is 33.5 Å². The van der Waals surface area contributed by atoms with Crippen LogP contribution in [0.2, 0.25) is 0 Å². The molecule has 2 heterocycles. The molecule has 0 amide bonds. The lowest BCUT2D eigenvalue weighted by atomic mass is 9.89. The number of aromatic nitrogens is 2. The molecule has 96 valence electrons. The second-order valence-electron chi connectivity index (χ2n) is 4.48. The summed E-state index contributed by atoms with van der Waals surface area (Å²) < 4.78 is 6.87.